The van der Waals surface area contributed by atoms with Crippen molar-refractivity contribution in [1.29, 1.82) is 0 Å². The number of hydrogen-bond acceptors (Lipinski definition) is 3. The van der Waals surface area contributed by atoms with Crippen LogP contribution in [0.5, 0.6) is 0 Å². The number of aromatic amines is 1. The minimum Gasteiger partial charge on any atom is -0.477 e. The van der Waals surface area contributed by atoms with E-state index in [1.165, 1.54) is 0 Å². The summed E-state index contributed by atoms with van der Waals surface area (Å²) >= 11 is 0. The third-order valence-electron chi connectivity index (χ3n) is 2.37. The van der Waals surface area contributed by atoms with Crippen LogP contribution in [0.2, 0.25) is 0 Å². The fourth-order valence-electron chi connectivity index (χ4n) is 1.38. The van der Waals surface area contributed by atoms with Crippen molar-refractivity contribution in [3.63, 3.8) is 0 Å². The van der Waals surface area contributed by atoms with Gasteiger partial charge in [-0.25, -0.2) is 4.79 Å². The van der Waals surface area contributed by atoms with Gasteiger partial charge in [-0.3, -0.25) is 0 Å². The molecule has 5 nitrogen and oxygen atoms in total. The molecule has 1 rings (SSSR count). The third-order valence-corrected chi connectivity index (χ3v) is 2.37. The van der Waals surface area contributed by atoms with E-state index < -0.39 is 12.1 Å². The first-order chi connectivity index (χ1) is 6.49. The van der Waals surface area contributed by atoms with Crippen LogP contribution >= 0.6 is 0 Å². The lowest BCUT2D eigenvalue weighted by molar-refractivity contribution is 0.0690. The van der Waals surface area contributed by atoms with Crippen molar-refractivity contribution in [3.8, 4) is 0 Å². The number of nitrogens with one attached hydrogen (secondary N) is 1. The molecule has 0 fully saturated rings. The van der Waals surface area contributed by atoms with Crippen LogP contribution in [0.4, 0.5) is 0 Å². The summed E-state index contributed by atoms with van der Waals surface area (Å²) < 4.78 is 0. The summed E-state index contributed by atoms with van der Waals surface area (Å²) in [4.78, 5) is 13.4. The Kier molecular flexibility index (Phi) is 2.93. The first-order valence-corrected chi connectivity index (χ1v) is 4.29. The number of nitrogens with two attached hydrogens (primary N) is 1. The maximum Gasteiger partial charge on any atom is 0.352 e. The zero-order chi connectivity index (χ0) is 10.9. The van der Waals surface area contributed by atoms with Crippen LogP contribution in [-0.2, 0) is 0 Å². The van der Waals surface area contributed by atoms with E-state index in [4.69, 9.17) is 10.8 Å². The Bertz CT molecular complexity index is 357. The van der Waals surface area contributed by atoms with E-state index in [0.717, 1.165) is 5.56 Å². The highest BCUT2D eigenvalue weighted by atomic mass is 16.4. The number of carbonyl (C=O) groups is 1. The summed E-state index contributed by atoms with van der Waals surface area (Å²) in [6.07, 6.45) is -0.832. The zero-order valence-corrected chi connectivity index (χ0v) is 8.16. The van der Waals surface area contributed by atoms with E-state index in [2.05, 4.69) is 4.98 Å². The van der Waals surface area contributed by atoms with Gasteiger partial charge in [0.05, 0.1) is 0 Å². The smallest absolute Gasteiger partial charge is 0.352 e. The molecule has 0 spiro atoms. The van der Waals surface area contributed by atoms with Gasteiger partial charge in [-0.2, -0.15) is 0 Å². The first kappa shape index (κ1) is 10.7. The summed E-state index contributed by atoms with van der Waals surface area (Å²) in [7, 11) is 0. The number of aliphatic hydroxyl groups is 1. The van der Waals surface area contributed by atoms with Gasteiger partial charge in [0.15, 0.2) is 0 Å². The van der Waals surface area contributed by atoms with Crippen LogP contribution in [0.3, 0.4) is 0 Å². The average Bonchev–Trinajstić information content (AvgIpc) is 2.43. The van der Waals surface area contributed by atoms with Crippen molar-refractivity contribution in [1.82, 2.24) is 4.98 Å². The molecule has 14 heavy (non-hydrogen) atoms. The highest BCUT2D eigenvalue weighted by Crippen LogP contribution is 2.22. The third kappa shape index (κ3) is 1.64. The molecule has 1 aromatic rings. The molecule has 1 unspecified atom stereocenters. The van der Waals surface area contributed by atoms with Gasteiger partial charge >= 0.3 is 5.97 Å². The molecule has 1 aromatic heterocycles. The van der Waals surface area contributed by atoms with Crippen molar-refractivity contribution < 1.29 is 15.0 Å². The summed E-state index contributed by atoms with van der Waals surface area (Å²) in [6, 6.07) is 0. The van der Waals surface area contributed by atoms with Crippen LogP contribution in [0.15, 0.2) is 0 Å². The van der Waals surface area contributed by atoms with Crippen LogP contribution in [0, 0.1) is 13.8 Å². The van der Waals surface area contributed by atoms with Gasteiger partial charge < -0.3 is 20.9 Å². The SMILES string of the molecule is Cc1c(C(=O)O)[nH]c(C(O)CN)c1C. The number of carboxylic acid groups (broad SMARTS) is 1. The molecule has 78 valence electrons. The van der Waals surface area contributed by atoms with Crippen molar-refractivity contribution in [2.45, 2.75) is 20.0 Å². The number of aliphatic hydroxyl groups excluding tert-OH is 1. The lowest BCUT2D eigenvalue weighted by atomic mass is 10.1. The van der Waals surface area contributed by atoms with Gasteiger partial charge in [-0.05, 0) is 25.0 Å². The molecule has 1 atom stereocenters. The van der Waals surface area contributed by atoms with Crippen LogP contribution in [0.1, 0.15) is 33.4 Å². The van der Waals surface area contributed by atoms with E-state index in [9.17, 15) is 9.90 Å². The maximum absolute atomic E-state index is 10.8. The molecule has 0 saturated heterocycles. The summed E-state index contributed by atoms with van der Waals surface area (Å²) in [6.45, 7) is 3.52. The number of H-pyrrole nitrogens is 1. The molecule has 0 aliphatic heterocycles. The Hall–Kier alpha value is -1.33. The molecule has 0 saturated carbocycles. The van der Waals surface area contributed by atoms with Crippen molar-refractivity contribution in [2.75, 3.05) is 6.54 Å². The number of hydrogen-bond donors (Lipinski definition) is 4. The fraction of sp³-hybridized carbons (Fsp3) is 0.444. The van der Waals surface area contributed by atoms with Gasteiger partial charge in [0, 0.05) is 12.2 Å². The molecule has 0 bridgehead atoms. The maximum atomic E-state index is 10.8. The minimum atomic E-state index is -1.03. The van der Waals surface area contributed by atoms with E-state index in [1.807, 2.05) is 0 Å². The van der Waals surface area contributed by atoms with Gasteiger partial charge in [0.2, 0.25) is 0 Å². The van der Waals surface area contributed by atoms with E-state index >= 15 is 0 Å². The average molecular weight is 198 g/mol. The molecule has 5 heteroatoms. The summed E-state index contributed by atoms with van der Waals surface area (Å²) in [5.41, 5.74) is 7.28. The summed E-state index contributed by atoms with van der Waals surface area (Å²) in [5, 5.41) is 18.3. The Morgan fingerprint density at radius 2 is 2.07 bits per heavy atom. The van der Waals surface area contributed by atoms with Gasteiger partial charge in [0.25, 0.3) is 0 Å². The highest BCUT2D eigenvalue weighted by Gasteiger charge is 2.19. The second-order valence-electron chi connectivity index (χ2n) is 3.22. The molecule has 0 amide bonds. The minimum absolute atomic E-state index is 0.0693. The van der Waals surface area contributed by atoms with Gasteiger partial charge in [0.1, 0.15) is 11.8 Å². The standard InChI is InChI=1S/C9H14N2O3/c1-4-5(2)8(9(13)14)11-7(4)6(12)3-10/h6,11-12H,3,10H2,1-2H3,(H,13,14). The molecule has 0 radical (unpaired) electrons. The molecule has 0 aromatic carbocycles. The van der Waals surface area contributed by atoms with E-state index in [0.29, 0.717) is 11.3 Å². The Balaban J connectivity index is 3.21. The summed E-state index contributed by atoms with van der Waals surface area (Å²) in [5.74, 6) is -1.03. The second kappa shape index (κ2) is 3.81. The van der Waals surface area contributed by atoms with Crippen molar-refractivity contribution in [2.24, 2.45) is 5.73 Å². The van der Waals surface area contributed by atoms with Crippen LogP contribution in [-0.4, -0.2) is 27.7 Å². The molecule has 0 aliphatic carbocycles. The number of carboxylic acids is 1. The lowest BCUT2D eigenvalue weighted by Gasteiger charge is -2.06. The quantitative estimate of drug-likeness (QED) is 0.562. The predicted octanol–water partition coefficient (Wildman–Crippen LogP) is 0.322. The van der Waals surface area contributed by atoms with E-state index in [1.54, 1.807) is 13.8 Å². The highest BCUT2D eigenvalue weighted by molar-refractivity contribution is 5.88. The molecular formula is C9H14N2O3. The number of rotatable bonds is 3. The zero-order valence-electron chi connectivity index (χ0n) is 8.16. The number of aromatic nitrogens is 1. The first-order valence-electron chi connectivity index (χ1n) is 4.29. The van der Waals surface area contributed by atoms with Gasteiger partial charge in [-0.1, -0.05) is 0 Å². The molecule has 1 heterocycles. The van der Waals surface area contributed by atoms with E-state index in [-0.39, 0.29) is 12.2 Å². The monoisotopic (exact) mass is 198 g/mol. The molecule has 5 N–H and O–H groups in total. The number of aromatic carboxylic acids is 1. The van der Waals surface area contributed by atoms with Crippen molar-refractivity contribution in [3.05, 3.63) is 22.5 Å². The normalized spacial score (nSPS) is 12.9. The van der Waals surface area contributed by atoms with Crippen molar-refractivity contribution >= 4 is 5.97 Å². The topological polar surface area (TPSA) is 99.3 Å². The Morgan fingerprint density at radius 1 is 1.50 bits per heavy atom. The van der Waals surface area contributed by atoms with Gasteiger partial charge in [-0.15, -0.1) is 0 Å². The molecular weight excluding hydrogens is 184 g/mol. The largest absolute Gasteiger partial charge is 0.477 e. The second-order valence-corrected chi connectivity index (χ2v) is 3.22. The Morgan fingerprint density at radius 3 is 2.43 bits per heavy atom. The van der Waals surface area contributed by atoms with Crippen LogP contribution < -0.4 is 5.73 Å². The molecule has 0 aliphatic rings. The predicted molar refractivity (Wildman–Crippen MR) is 51.2 cm³/mol. The Labute approximate surface area is 81.6 Å². The fourth-order valence-corrected chi connectivity index (χ4v) is 1.38. The van der Waals surface area contributed by atoms with Crippen LogP contribution in [0.25, 0.3) is 0 Å². The lowest BCUT2D eigenvalue weighted by Crippen LogP contribution is -2.13.